The molecule has 1 unspecified atom stereocenters. The standard InChI is InChI=1S/C10H17NO2Si/c1-12-14(2,3)13-10(11)9-7-5-4-6-8-9/h4-8,10H,11H2,1-3H3. The van der Waals surface area contributed by atoms with Crippen LogP contribution in [0.1, 0.15) is 11.8 Å². The Kier molecular flexibility index (Phi) is 3.83. The monoisotopic (exact) mass is 211 g/mol. The van der Waals surface area contributed by atoms with Crippen molar-refractivity contribution in [3.63, 3.8) is 0 Å². The van der Waals surface area contributed by atoms with Gasteiger partial charge in [0.1, 0.15) is 6.23 Å². The van der Waals surface area contributed by atoms with E-state index in [1.54, 1.807) is 7.11 Å². The molecule has 0 heterocycles. The molecule has 1 rings (SSSR count). The van der Waals surface area contributed by atoms with Crippen LogP contribution in [0.4, 0.5) is 0 Å². The number of hydrogen-bond donors (Lipinski definition) is 1. The first-order valence-electron chi connectivity index (χ1n) is 4.58. The highest BCUT2D eigenvalue weighted by Gasteiger charge is 2.26. The van der Waals surface area contributed by atoms with Crippen molar-refractivity contribution in [2.45, 2.75) is 19.3 Å². The second-order valence-electron chi connectivity index (χ2n) is 3.55. The smallest absolute Gasteiger partial charge is 0.332 e. The van der Waals surface area contributed by atoms with Gasteiger partial charge in [-0.3, -0.25) is 0 Å². The van der Waals surface area contributed by atoms with Crippen LogP contribution in [0.25, 0.3) is 0 Å². The van der Waals surface area contributed by atoms with Gasteiger partial charge in [0.15, 0.2) is 0 Å². The minimum absolute atomic E-state index is 0.391. The van der Waals surface area contributed by atoms with E-state index >= 15 is 0 Å². The summed E-state index contributed by atoms with van der Waals surface area (Å²) in [6.45, 7) is 3.94. The van der Waals surface area contributed by atoms with Crippen molar-refractivity contribution in [2.24, 2.45) is 5.73 Å². The zero-order valence-electron chi connectivity index (χ0n) is 8.86. The molecule has 0 amide bonds. The lowest BCUT2D eigenvalue weighted by atomic mass is 10.2. The van der Waals surface area contributed by atoms with Gasteiger partial charge >= 0.3 is 8.56 Å². The van der Waals surface area contributed by atoms with Crippen LogP contribution in [0.2, 0.25) is 13.1 Å². The molecule has 0 aliphatic heterocycles. The average Bonchev–Trinajstić information content (AvgIpc) is 2.19. The molecule has 14 heavy (non-hydrogen) atoms. The van der Waals surface area contributed by atoms with Gasteiger partial charge in [-0.25, -0.2) is 0 Å². The predicted octanol–water partition coefficient (Wildman–Crippen LogP) is 2.01. The first-order valence-corrected chi connectivity index (χ1v) is 7.40. The zero-order chi connectivity index (χ0) is 10.6. The third-order valence-electron chi connectivity index (χ3n) is 2.03. The van der Waals surface area contributed by atoms with E-state index in [4.69, 9.17) is 14.6 Å². The summed E-state index contributed by atoms with van der Waals surface area (Å²) in [6, 6.07) is 9.74. The Morgan fingerprint density at radius 3 is 2.29 bits per heavy atom. The molecule has 0 saturated carbocycles. The first kappa shape index (κ1) is 11.4. The maximum Gasteiger partial charge on any atom is 0.332 e. The largest absolute Gasteiger partial charge is 0.398 e. The van der Waals surface area contributed by atoms with E-state index in [9.17, 15) is 0 Å². The molecule has 1 atom stereocenters. The summed E-state index contributed by atoms with van der Waals surface area (Å²) in [7, 11) is -0.391. The van der Waals surface area contributed by atoms with Gasteiger partial charge in [-0.2, -0.15) is 0 Å². The SMILES string of the molecule is CO[Si](C)(C)OC(N)c1ccccc1. The molecule has 0 spiro atoms. The fraction of sp³-hybridized carbons (Fsp3) is 0.400. The molecule has 0 saturated heterocycles. The molecule has 78 valence electrons. The van der Waals surface area contributed by atoms with Gasteiger partial charge < -0.3 is 14.6 Å². The van der Waals surface area contributed by atoms with Gasteiger partial charge in [0.2, 0.25) is 0 Å². The zero-order valence-corrected chi connectivity index (χ0v) is 9.86. The third kappa shape index (κ3) is 3.23. The molecule has 2 N–H and O–H groups in total. The third-order valence-corrected chi connectivity index (χ3v) is 3.84. The number of rotatable bonds is 4. The van der Waals surface area contributed by atoms with Crippen molar-refractivity contribution < 1.29 is 8.85 Å². The average molecular weight is 211 g/mol. The van der Waals surface area contributed by atoms with Gasteiger partial charge in [0, 0.05) is 7.11 Å². The van der Waals surface area contributed by atoms with Crippen LogP contribution in [0.15, 0.2) is 30.3 Å². The van der Waals surface area contributed by atoms with Crippen LogP contribution in [-0.2, 0) is 8.85 Å². The Morgan fingerprint density at radius 1 is 1.21 bits per heavy atom. The van der Waals surface area contributed by atoms with Crippen molar-refractivity contribution >= 4 is 8.56 Å². The second kappa shape index (κ2) is 4.70. The van der Waals surface area contributed by atoms with Crippen LogP contribution >= 0.6 is 0 Å². The molecule has 0 aromatic heterocycles. The predicted molar refractivity (Wildman–Crippen MR) is 58.9 cm³/mol. The van der Waals surface area contributed by atoms with E-state index in [0.717, 1.165) is 5.56 Å². The van der Waals surface area contributed by atoms with Crippen molar-refractivity contribution in [1.82, 2.24) is 0 Å². The van der Waals surface area contributed by atoms with Gasteiger partial charge in [-0.05, 0) is 18.7 Å². The normalized spacial score (nSPS) is 14.0. The van der Waals surface area contributed by atoms with Gasteiger partial charge in [-0.1, -0.05) is 30.3 Å². The maximum absolute atomic E-state index is 5.89. The summed E-state index contributed by atoms with van der Waals surface area (Å²) in [4.78, 5) is 0. The topological polar surface area (TPSA) is 44.5 Å². The molecule has 0 fully saturated rings. The minimum Gasteiger partial charge on any atom is -0.398 e. The van der Waals surface area contributed by atoms with E-state index in [1.807, 2.05) is 43.4 Å². The van der Waals surface area contributed by atoms with Crippen molar-refractivity contribution in [3.05, 3.63) is 35.9 Å². The van der Waals surface area contributed by atoms with E-state index in [-0.39, 0.29) is 0 Å². The van der Waals surface area contributed by atoms with E-state index in [1.165, 1.54) is 0 Å². The lowest BCUT2D eigenvalue weighted by Crippen LogP contribution is -2.37. The molecule has 0 aliphatic rings. The molecule has 0 bridgehead atoms. The van der Waals surface area contributed by atoms with Gasteiger partial charge in [0.25, 0.3) is 0 Å². The fourth-order valence-electron chi connectivity index (χ4n) is 1.06. The summed E-state index contributed by atoms with van der Waals surface area (Å²) in [5.74, 6) is 0. The van der Waals surface area contributed by atoms with E-state index < -0.39 is 14.8 Å². The van der Waals surface area contributed by atoms with Crippen LogP contribution in [0.5, 0.6) is 0 Å². The van der Waals surface area contributed by atoms with Crippen LogP contribution in [0, 0.1) is 0 Å². The van der Waals surface area contributed by atoms with Crippen molar-refractivity contribution in [1.29, 1.82) is 0 Å². The fourth-order valence-corrected chi connectivity index (χ4v) is 1.91. The minimum atomic E-state index is -2.05. The number of hydrogen-bond acceptors (Lipinski definition) is 3. The summed E-state index contributed by atoms with van der Waals surface area (Å²) in [6.07, 6.45) is -0.391. The van der Waals surface area contributed by atoms with Gasteiger partial charge in [0.05, 0.1) is 0 Å². The molecule has 0 radical (unpaired) electrons. The number of benzene rings is 1. The quantitative estimate of drug-likeness (QED) is 0.612. The van der Waals surface area contributed by atoms with E-state index in [2.05, 4.69) is 0 Å². The Hall–Kier alpha value is -0.683. The summed E-state index contributed by atoms with van der Waals surface area (Å²) in [5.41, 5.74) is 6.87. The second-order valence-corrected chi connectivity index (χ2v) is 7.00. The molecular formula is C10H17NO2Si. The van der Waals surface area contributed by atoms with E-state index in [0.29, 0.717) is 0 Å². The summed E-state index contributed by atoms with van der Waals surface area (Å²) >= 11 is 0. The lowest BCUT2D eigenvalue weighted by molar-refractivity contribution is 0.143. The van der Waals surface area contributed by atoms with Crippen molar-refractivity contribution in [3.8, 4) is 0 Å². The Morgan fingerprint density at radius 2 is 1.79 bits per heavy atom. The maximum atomic E-state index is 5.89. The summed E-state index contributed by atoms with van der Waals surface area (Å²) in [5, 5.41) is 0. The Bertz CT molecular complexity index is 277. The molecule has 0 aliphatic carbocycles. The molecule has 1 aromatic carbocycles. The number of nitrogens with two attached hydrogens (primary N) is 1. The van der Waals surface area contributed by atoms with Gasteiger partial charge in [-0.15, -0.1) is 0 Å². The van der Waals surface area contributed by atoms with Crippen LogP contribution in [-0.4, -0.2) is 15.7 Å². The lowest BCUT2D eigenvalue weighted by Gasteiger charge is -2.25. The molecular weight excluding hydrogens is 194 g/mol. The van der Waals surface area contributed by atoms with Crippen LogP contribution < -0.4 is 5.73 Å². The highest BCUT2D eigenvalue weighted by Crippen LogP contribution is 2.17. The molecule has 4 heteroatoms. The van der Waals surface area contributed by atoms with Crippen LogP contribution in [0.3, 0.4) is 0 Å². The highest BCUT2D eigenvalue weighted by molar-refractivity contribution is 6.64. The Balaban J connectivity index is 2.64. The summed E-state index contributed by atoms with van der Waals surface area (Å²) < 4.78 is 10.9. The Labute approximate surface area is 86.1 Å². The van der Waals surface area contributed by atoms with Crippen molar-refractivity contribution in [2.75, 3.05) is 7.11 Å². The highest BCUT2D eigenvalue weighted by atomic mass is 28.4. The molecule has 1 aromatic rings. The first-order chi connectivity index (χ1) is 6.55. The molecule has 3 nitrogen and oxygen atoms in total.